The molecule has 1 heterocycles. The number of carboxylic acid groups (broad SMARTS) is 1. The van der Waals surface area contributed by atoms with E-state index in [2.05, 4.69) is 4.98 Å². The third-order valence-corrected chi connectivity index (χ3v) is 2.43. The molecule has 0 aliphatic rings. The van der Waals surface area contributed by atoms with Crippen LogP contribution in [0, 0.1) is 0 Å². The number of ether oxygens (including phenoxy) is 1. The lowest BCUT2D eigenvalue weighted by atomic mass is 10.0. The van der Waals surface area contributed by atoms with Gasteiger partial charge in [0.25, 0.3) is 0 Å². The van der Waals surface area contributed by atoms with Crippen LogP contribution in [0.2, 0.25) is 0 Å². The molecule has 0 saturated heterocycles. The number of nitrogens with zero attached hydrogens (tertiary/aromatic N) is 1. The van der Waals surface area contributed by atoms with E-state index in [0.717, 1.165) is 11.1 Å². The number of pyridine rings is 1. The van der Waals surface area contributed by atoms with Gasteiger partial charge in [-0.3, -0.25) is 4.98 Å². The predicted molar refractivity (Wildman–Crippen MR) is 63.2 cm³/mol. The summed E-state index contributed by atoms with van der Waals surface area (Å²) >= 11 is 0. The van der Waals surface area contributed by atoms with E-state index in [0.29, 0.717) is 5.75 Å². The Morgan fingerprint density at radius 2 is 2.12 bits per heavy atom. The van der Waals surface area contributed by atoms with Gasteiger partial charge in [-0.15, -0.1) is 0 Å². The number of benzene rings is 1. The second kappa shape index (κ2) is 4.65. The van der Waals surface area contributed by atoms with Crippen molar-refractivity contribution in [2.75, 3.05) is 7.11 Å². The first-order valence-corrected chi connectivity index (χ1v) is 5.04. The molecular formula is C13H11NO3. The minimum absolute atomic E-state index is 0.153. The zero-order chi connectivity index (χ0) is 12.3. The van der Waals surface area contributed by atoms with Gasteiger partial charge in [-0.05, 0) is 23.8 Å². The van der Waals surface area contributed by atoms with Crippen molar-refractivity contribution in [1.29, 1.82) is 0 Å². The topological polar surface area (TPSA) is 59.4 Å². The third-order valence-electron chi connectivity index (χ3n) is 2.43. The van der Waals surface area contributed by atoms with Crippen molar-refractivity contribution in [3.63, 3.8) is 0 Å². The number of carbonyl (C=O) groups is 1. The molecule has 0 unspecified atom stereocenters. The Morgan fingerprint density at radius 3 is 2.71 bits per heavy atom. The van der Waals surface area contributed by atoms with E-state index in [1.54, 1.807) is 24.5 Å². The molecule has 4 heteroatoms. The summed E-state index contributed by atoms with van der Waals surface area (Å²) in [5, 5.41) is 8.97. The fourth-order valence-electron chi connectivity index (χ4n) is 1.58. The van der Waals surface area contributed by atoms with Gasteiger partial charge in [-0.2, -0.15) is 0 Å². The molecule has 0 spiro atoms. The highest BCUT2D eigenvalue weighted by Gasteiger charge is 2.11. The van der Waals surface area contributed by atoms with Crippen LogP contribution in [-0.2, 0) is 0 Å². The SMILES string of the molecule is COc1cc(-c2cccnc2)ccc1C(=O)O. The molecular weight excluding hydrogens is 218 g/mol. The number of hydrogen-bond donors (Lipinski definition) is 1. The number of rotatable bonds is 3. The Balaban J connectivity index is 2.49. The van der Waals surface area contributed by atoms with E-state index < -0.39 is 5.97 Å². The molecule has 0 bridgehead atoms. The number of aromatic carboxylic acids is 1. The molecule has 1 aromatic heterocycles. The summed E-state index contributed by atoms with van der Waals surface area (Å²) in [6, 6.07) is 8.70. The van der Waals surface area contributed by atoms with Crippen LogP contribution in [0.5, 0.6) is 5.75 Å². The van der Waals surface area contributed by atoms with E-state index in [9.17, 15) is 4.79 Å². The molecule has 1 aromatic carbocycles. The summed E-state index contributed by atoms with van der Waals surface area (Å²) in [6.45, 7) is 0. The monoisotopic (exact) mass is 229 g/mol. The Kier molecular flexibility index (Phi) is 3.05. The maximum Gasteiger partial charge on any atom is 0.339 e. The normalized spacial score (nSPS) is 9.94. The highest BCUT2D eigenvalue weighted by Crippen LogP contribution is 2.26. The van der Waals surface area contributed by atoms with Crippen LogP contribution in [0.25, 0.3) is 11.1 Å². The van der Waals surface area contributed by atoms with Gasteiger partial charge in [0.15, 0.2) is 0 Å². The van der Waals surface area contributed by atoms with Crippen LogP contribution in [0.4, 0.5) is 0 Å². The van der Waals surface area contributed by atoms with Gasteiger partial charge in [-0.1, -0.05) is 12.1 Å². The van der Waals surface area contributed by atoms with Crippen molar-refractivity contribution in [3.05, 3.63) is 48.3 Å². The molecule has 17 heavy (non-hydrogen) atoms. The second-order valence-corrected chi connectivity index (χ2v) is 3.46. The van der Waals surface area contributed by atoms with Gasteiger partial charge < -0.3 is 9.84 Å². The fourth-order valence-corrected chi connectivity index (χ4v) is 1.58. The molecule has 0 aliphatic heterocycles. The highest BCUT2D eigenvalue weighted by molar-refractivity contribution is 5.91. The van der Waals surface area contributed by atoms with Crippen molar-refractivity contribution in [3.8, 4) is 16.9 Å². The summed E-state index contributed by atoms with van der Waals surface area (Å²) < 4.78 is 5.07. The summed E-state index contributed by atoms with van der Waals surface area (Å²) in [7, 11) is 1.45. The van der Waals surface area contributed by atoms with Crippen LogP contribution in [0.1, 0.15) is 10.4 Å². The zero-order valence-electron chi connectivity index (χ0n) is 9.25. The van der Waals surface area contributed by atoms with Crippen molar-refractivity contribution in [1.82, 2.24) is 4.98 Å². The Morgan fingerprint density at radius 1 is 1.29 bits per heavy atom. The smallest absolute Gasteiger partial charge is 0.339 e. The quantitative estimate of drug-likeness (QED) is 0.878. The number of hydrogen-bond acceptors (Lipinski definition) is 3. The highest BCUT2D eigenvalue weighted by atomic mass is 16.5. The summed E-state index contributed by atoms with van der Waals surface area (Å²) in [4.78, 5) is 15.0. The molecule has 0 aliphatic carbocycles. The van der Waals surface area contributed by atoms with E-state index >= 15 is 0 Å². The lowest BCUT2D eigenvalue weighted by Crippen LogP contribution is -2.00. The molecule has 0 atom stereocenters. The minimum atomic E-state index is -1.00. The van der Waals surface area contributed by atoms with Gasteiger partial charge in [0.1, 0.15) is 11.3 Å². The first-order chi connectivity index (χ1) is 8.22. The first kappa shape index (κ1) is 11.1. The Hall–Kier alpha value is -2.36. The molecule has 0 saturated carbocycles. The largest absolute Gasteiger partial charge is 0.496 e. The van der Waals surface area contributed by atoms with Crippen molar-refractivity contribution in [2.45, 2.75) is 0 Å². The maximum atomic E-state index is 10.9. The van der Waals surface area contributed by atoms with Gasteiger partial charge in [0.05, 0.1) is 7.11 Å². The summed E-state index contributed by atoms with van der Waals surface area (Å²) in [5.41, 5.74) is 1.95. The standard InChI is InChI=1S/C13H11NO3/c1-17-12-7-9(4-5-11(12)13(15)16)10-3-2-6-14-8-10/h2-8H,1H3,(H,15,16). The second-order valence-electron chi connectivity index (χ2n) is 3.46. The summed E-state index contributed by atoms with van der Waals surface area (Å²) in [6.07, 6.45) is 3.40. The zero-order valence-corrected chi connectivity index (χ0v) is 9.25. The molecule has 0 fully saturated rings. The average Bonchev–Trinajstić information content (AvgIpc) is 2.39. The van der Waals surface area contributed by atoms with E-state index in [1.807, 2.05) is 12.1 Å². The lowest BCUT2D eigenvalue weighted by Gasteiger charge is -2.07. The number of aromatic nitrogens is 1. The molecule has 4 nitrogen and oxygen atoms in total. The number of carboxylic acids is 1. The van der Waals surface area contributed by atoms with E-state index in [-0.39, 0.29) is 5.56 Å². The average molecular weight is 229 g/mol. The van der Waals surface area contributed by atoms with Crippen LogP contribution in [0.3, 0.4) is 0 Å². The molecule has 0 amide bonds. The Labute approximate surface area is 98.5 Å². The maximum absolute atomic E-state index is 10.9. The van der Waals surface area contributed by atoms with E-state index in [4.69, 9.17) is 9.84 Å². The predicted octanol–water partition coefficient (Wildman–Crippen LogP) is 2.46. The van der Waals surface area contributed by atoms with Crippen LogP contribution in [0.15, 0.2) is 42.7 Å². The Bertz CT molecular complexity index is 538. The van der Waals surface area contributed by atoms with Crippen LogP contribution < -0.4 is 4.74 Å². The molecule has 1 N–H and O–H groups in total. The molecule has 2 aromatic rings. The van der Waals surface area contributed by atoms with Gasteiger partial charge in [-0.25, -0.2) is 4.79 Å². The molecule has 2 rings (SSSR count). The van der Waals surface area contributed by atoms with Gasteiger partial charge in [0.2, 0.25) is 0 Å². The van der Waals surface area contributed by atoms with Crippen LogP contribution in [-0.4, -0.2) is 23.2 Å². The van der Waals surface area contributed by atoms with Gasteiger partial charge >= 0.3 is 5.97 Å². The van der Waals surface area contributed by atoms with Crippen LogP contribution >= 0.6 is 0 Å². The van der Waals surface area contributed by atoms with Crippen molar-refractivity contribution >= 4 is 5.97 Å². The third kappa shape index (κ3) is 2.25. The van der Waals surface area contributed by atoms with E-state index in [1.165, 1.54) is 13.2 Å². The molecule has 86 valence electrons. The van der Waals surface area contributed by atoms with Crippen molar-refractivity contribution in [2.24, 2.45) is 0 Å². The summed E-state index contributed by atoms with van der Waals surface area (Å²) in [5.74, 6) is -0.654. The van der Waals surface area contributed by atoms with Crippen molar-refractivity contribution < 1.29 is 14.6 Å². The lowest BCUT2D eigenvalue weighted by molar-refractivity contribution is 0.0693. The molecule has 0 radical (unpaired) electrons. The van der Waals surface area contributed by atoms with Gasteiger partial charge in [0, 0.05) is 18.0 Å². The minimum Gasteiger partial charge on any atom is -0.496 e. The number of methoxy groups -OCH3 is 1. The fraction of sp³-hybridized carbons (Fsp3) is 0.0769. The first-order valence-electron chi connectivity index (χ1n) is 5.04.